The summed E-state index contributed by atoms with van der Waals surface area (Å²) in [5, 5.41) is 3.32. The van der Waals surface area contributed by atoms with Gasteiger partial charge < -0.3 is 14.8 Å². The average molecular weight is 203 g/mol. The Morgan fingerprint density at radius 1 is 1.38 bits per heavy atom. The van der Waals surface area contributed by atoms with E-state index in [0.29, 0.717) is 0 Å². The maximum absolute atomic E-state index is 4.30. The summed E-state index contributed by atoms with van der Waals surface area (Å²) < 4.78 is 2.06. The van der Waals surface area contributed by atoms with Crippen LogP contribution in [-0.2, 0) is 7.05 Å². The second-order valence-electron chi connectivity index (χ2n) is 3.08. The molecule has 74 valence electrons. The van der Waals surface area contributed by atoms with Gasteiger partial charge in [0.05, 0.1) is 0 Å². The number of aryl methyl sites for hydroxylation is 1. The van der Waals surface area contributed by atoms with Crippen molar-refractivity contribution in [3.63, 3.8) is 0 Å². The maximum Gasteiger partial charge on any atom is 0.205 e. The van der Waals surface area contributed by atoms with Crippen LogP contribution in [0.2, 0.25) is 0 Å². The highest BCUT2D eigenvalue weighted by atomic mass is 35.5. The number of imidazole rings is 1. The van der Waals surface area contributed by atoms with Crippen LogP contribution in [0.4, 0.5) is 5.95 Å². The summed E-state index contributed by atoms with van der Waals surface area (Å²) in [6.45, 7) is 4.25. The van der Waals surface area contributed by atoms with Gasteiger partial charge in [-0.15, -0.1) is 12.4 Å². The molecule has 1 aromatic rings. The Morgan fingerprint density at radius 2 is 2.08 bits per heavy atom. The van der Waals surface area contributed by atoms with Crippen molar-refractivity contribution in [2.24, 2.45) is 7.05 Å². The summed E-state index contributed by atoms with van der Waals surface area (Å²) in [5.74, 6) is 1.08. The zero-order valence-corrected chi connectivity index (χ0v) is 8.55. The molecule has 0 unspecified atom stereocenters. The van der Waals surface area contributed by atoms with Gasteiger partial charge in [0.2, 0.25) is 5.95 Å². The Bertz CT molecular complexity index is 254. The molecule has 1 aliphatic heterocycles. The van der Waals surface area contributed by atoms with E-state index in [1.54, 1.807) is 0 Å². The molecule has 2 heterocycles. The third-order valence-corrected chi connectivity index (χ3v) is 2.20. The highest BCUT2D eigenvalue weighted by molar-refractivity contribution is 5.85. The first kappa shape index (κ1) is 10.3. The number of nitrogens with one attached hydrogen (secondary N) is 1. The predicted molar refractivity (Wildman–Crippen MR) is 55.5 cm³/mol. The van der Waals surface area contributed by atoms with Gasteiger partial charge in [0.15, 0.2) is 0 Å². The smallest absolute Gasteiger partial charge is 0.205 e. The topological polar surface area (TPSA) is 33.1 Å². The minimum absolute atomic E-state index is 0. The van der Waals surface area contributed by atoms with Gasteiger partial charge in [-0.2, -0.15) is 0 Å². The lowest BCUT2D eigenvalue weighted by Crippen LogP contribution is -2.44. The predicted octanol–water partition coefficient (Wildman–Crippen LogP) is 0.251. The van der Waals surface area contributed by atoms with Crippen LogP contribution in [-0.4, -0.2) is 35.7 Å². The van der Waals surface area contributed by atoms with E-state index in [0.717, 1.165) is 32.1 Å². The molecule has 13 heavy (non-hydrogen) atoms. The second-order valence-corrected chi connectivity index (χ2v) is 3.08. The van der Waals surface area contributed by atoms with E-state index in [-0.39, 0.29) is 12.4 Å². The molecule has 0 atom stereocenters. The van der Waals surface area contributed by atoms with Gasteiger partial charge in [-0.1, -0.05) is 0 Å². The molecule has 0 aliphatic carbocycles. The molecule has 5 heteroatoms. The fourth-order valence-corrected chi connectivity index (χ4v) is 1.53. The van der Waals surface area contributed by atoms with Crippen molar-refractivity contribution in [1.29, 1.82) is 0 Å². The first-order valence-electron chi connectivity index (χ1n) is 4.31. The Hall–Kier alpha value is -0.740. The Labute approximate surface area is 84.4 Å². The standard InChI is InChI=1S/C8H14N4.ClH/c1-11-5-4-10-8(11)12-6-2-9-3-7-12;/h4-5,9H,2-3,6-7H2,1H3;1H. The number of rotatable bonds is 1. The first-order chi connectivity index (χ1) is 5.88. The summed E-state index contributed by atoms with van der Waals surface area (Å²) in [6.07, 6.45) is 3.83. The monoisotopic (exact) mass is 202 g/mol. The third kappa shape index (κ3) is 2.14. The summed E-state index contributed by atoms with van der Waals surface area (Å²) in [5.41, 5.74) is 0. The van der Waals surface area contributed by atoms with Crippen LogP contribution < -0.4 is 10.2 Å². The number of halogens is 1. The normalized spacial score (nSPS) is 16.8. The number of piperazine rings is 1. The lowest BCUT2D eigenvalue weighted by molar-refractivity contribution is 0.574. The van der Waals surface area contributed by atoms with Crippen LogP contribution in [0.3, 0.4) is 0 Å². The Balaban J connectivity index is 0.000000845. The molecule has 2 rings (SSSR count). The van der Waals surface area contributed by atoms with Gasteiger partial charge in [-0.05, 0) is 0 Å². The first-order valence-corrected chi connectivity index (χ1v) is 4.31. The second kappa shape index (κ2) is 4.48. The maximum atomic E-state index is 4.30. The van der Waals surface area contributed by atoms with Gasteiger partial charge >= 0.3 is 0 Å². The minimum Gasteiger partial charge on any atom is -0.340 e. The quantitative estimate of drug-likeness (QED) is 0.709. The van der Waals surface area contributed by atoms with E-state index in [9.17, 15) is 0 Å². The van der Waals surface area contributed by atoms with E-state index >= 15 is 0 Å². The summed E-state index contributed by atoms with van der Waals surface area (Å²) in [7, 11) is 2.03. The van der Waals surface area contributed by atoms with Gasteiger partial charge in [0, 0.05) is 45.6 Å². The van der Waals surface area contributed by atoms with Crippen molar-refractivity contribution in [3.05, 3.63) is 12.4 Å². The molecule has 0 amide bonds. The zero-order chi connectivity index (χ0) is 8.39. The van der Waals surface area contributed by atoms with E-state index < -0.39 is 0 Å². The van der Waals surface area contributed by atoms with E-state index in [2.05, 4.69) is 19.8 Å². The van der Waals surface area contributed by atoms with Crippen LogP contribution in [0.25, 0.3) is 0 Å². The summed E-state index contributed by atoms with van der Waals surface area (Å²) in [4.78, 5) is 6.60. The highest BCUT2D eigenvalue weighted by Gasteiger charge is 2.12. The molecule has 1 aromatic heterocycles. The van der Waals surface area contributed by atoms with Gasteiger partial charge in [0.25, 0.3) is 0 Å². The fraction of sp³-hybridized carbons (Fsp3) is 0.625. The molecule has 0 saturated carbocycles. The van der Waals surface area contributed by atoms with E-state index in [4.69, 9.17) is 0 Å². The van der Waals surface area contributed by atoms with Gasteiger partial charge in [-0.25, -0.2) is 4.98 Å². The Kier molecular flexibility index (Phi) is 3.57. The van der Waals surface area contributed by atoms with Crippen molar-refractivity contribution >= 4 is 18.4 Å². The third-order valence-electron chi connectivity index (χ3n) is 2.20. The molecule has 1 saturated heterocycles. The largest absolute Gasteiger partial charge is 0.340 e. The molecule has 1 aliphatic rings. The number of aromatic nitrogens is 2. The van der Waals surface area contributed by atoms with Crippen molar-refractivity contribution in [3.8, 4) is 0 Å². The molecule has 0 bridgehead atoms. The van der Waals surface area contributed by atoms with Crippen molar-refractivity contribution in [2.75, 3.05) is 31.1 Å². The van der Waals surface area contributed by atoms with E-state index in [1.807, 2.05) is 19.4 Å². The number of nitrogens with zero attached hydrogens (tertiary/aromatic N) is 3. The summed E-state index contributed by atoms with van der Waals surface area (Å²) in [6, 6.07) is 0. The van der Waals surface area contributed by atoms with Crippen molar-refractivity contribution in [2.45, 2.75) is 0 Å². The Morgan fingerprint density at radius 3 is 2.62 bits per heavy atom. The van der Waals surface area contributed by atoms with Crippen molar-refractivity contribution < 1.29 is 0 Å². The highest BCUT2D eigenvalue weighted by Crippen LogP contribution is 2.09. The van der Waals surface area contributed by atoms with Crippen LogP contribution >= 0.6 is 12.4 Å². The van der Waals surface area contributed by atoms with Gasteiger partial charge in [0.1, 0.15) is 0 Å². The molecular weight excluding hydrogens is 188 g/mol. The minimum atomic E-state index is 0. The van der Waals surface area contributed by atoms with Crippen molar-refractivity contribution in [1.82, 2.24) is 14.9 Å². The number of anilines is 1. The average Bonchev–Trinajstić information content (AvgIpc) is 2.53. The SMILES string of the molecule is Cl.Cn1ccnc1N1CCNCC1. The molecule has 4 nitrogen and oxygen atoms in total. The van der Waals surface area contributed by atoms with Crippen LogP contribution in [0.15, 0.2) is 12.4 Å². The lowest BCUT2D eigenvalue weighted by atomic mass is 10.4. The number of hydrogen-bond donors (Lipinski definition) is 1. The molecule has 1 N–H and O–H groups in total. The fourth-order valence-electron chi connectivity index (χ4n) is 1.53. The van der Waals surface area contributed by atoms with Gasteiger partial charge in [-0.3, -0.25) is 0 Å². The lowest BCUT2D eigenvalue weighted by Gasteiger charge is -2.28. The van der Waals surface area contributed by atoms with Crippen LogP contribution in [0, 0.1) is 0 Å². The molecule has 1 fully saturated rings. The van der Waals surface area contributed by atoms with E-state index in [1.165, 1.54) is 0 Å². The molecule has 0 spiro atoms. The van der Waals surface area contributed by atoms with Crippen LogP contribution in [0.1, 0.15) is 0 Å². The molecule has 0 radical (unpaired) electrons. The molecular formula is C8H15ClN4. The van der Waals surface area contributed by atoms with Crippen LogP contribution in [0.5, 0.6) is 0 Å². The molecule has 0 aromatic carbocycles. The number of hydrogen-bond acceptors (Lipinski definition) is 3. The summed E-state index contributed by atoms with van der Waals surface area (Å²) >= 11 is 0. The zero-order valence-electron chi connectivity index (χ0n) is 7.73.